The van der Waals surface area contributed by atoms with Gasteiger partial charge in [-0.15, -0.1) is 0 Å². The van der Waals surface area contributed by atoms with E-state index in [1.165, 1.54) is 11.2 Å². The molecule has 1 aromatic rings. The average molecular weight is 188 g/mol. The first-order valence-electron chi connectivity index (χ1n) is 4.08. The molecule has 6 nitrogen and oxygen atoms in total. The maximum atomic E-state index is 8.71. The number of nitriles is 1. The number of nitrogens with two attached hydrogens (primary N) is 1. The Balaban J connectivity index is 2.24. The van der Waals surface area contributed by atoms with Crippen molar-refractivity contribution in [3.8, 4) is 6.07 Å². The second-order valence-corrected chi connectivity index (χ2v) is 2.80. The minimum absolute atomic E-state index is 0.404. The summed E-state index contributed by atoms with van der Waals surface area (Å²) in [6, 6.07) is 3.75. The minimum atomic E-state index is -0.498. The Morgan fingerprint density at radius 3 is 2.71 bits per heavy atom. The number of hydrogen-bond acceptors (Lipinski definition) is 6. The van der Waals surface area contributed by atoms with E-state index < -0.39 is 12.1 Å². The molecule has 1 aliphatic heterocycles. The predicted octanol–water partition coefficient (Wildman–Crippen LogP) is -0.293. The molecule has 0 aliphatic carbocycles. The third-order valence-electron chi connectivity index (χ3n) is 1.91. The molecule has 0 aromatic carbocycles. The van der Waals surface area contributed by atoms with Gasteiger partial charge >= 0.3 is 0 Å². The molecule has 14 heavy (non-hydrogen) atoms. The fourth-order valence-electron chi connectivity index (χ4n) is 1.17. The first-order chi connectivity index (χ1) is 6.83. The van der Waals surface area contributed by atoms with Crippen molar-refractivity contribution in [1.29, 1.82) is 5.26 Å². The van der Waals surface area contributed by atoms with Crippen LogP contribution in [0, 0.1) is 17.2 Å². The van der Waals surface area contributed by atoms with Gasteiger partial charge in [0.2, 0.25) is 5.95 Å². The fraction of sp³-hybridized carbons (Fsp3) is 0.250. The standard InChI is InChI=1S/C8H8N6/c9-4-6-5-13-14(7(6)10)8-11-2-1-3-12-8/h1-3,5-7H,10H2. The topological polar surface area (TPSA) is 91.2 Å². The Bertz CT molecular complexity index is 381. The Morgan fingerprint density at radius 2 is 2.14 bits per heavy atom. The molecule has 2 rings (SSSR count). The highest BCUT2D eigenvalue weighted by atomic mass is 15.6. The lowest BCUT2D eigenvalue weighted by atomic mass is 10.1. The van der Waals surface area contributed by atoms with Crippen LogP contribution in [0.3, 0.4) is 0 Å². The molecule has 0 saturated heterocycles. The number of hydrogen-bond donors (Lipinski definition) is 1. The van der Waals surface area contributed by atoms with Crippen molar-refractivity contribution < 1.29 is 0 Å². The van der Waals surface area contributed by atoms with E-state index in [1.807, 2.05) is 6.07 Å². The molecule has 2 heterocycles. The van der Waals surface area contributed by atoms with Crippen molar-refractivity contribution in [2.75, 3.05) is 5.01 Å². The second-order valence-electron chi connectivity index (χ2n) is 2.80. The van der Waals surface area contributed by atoms with E-state index in [2.05, 4.69) is 15.1 Å². The van der Waals surface area contributed by atoms with E-state index in [0.29, 0.717) is 5.95 Å². The maximum Gasteiger partial charge on any atom is 0.247 e. The third kappa shape index (κ3) is 1.30. The van der Waals surface area contributed by atoms with Crippen LogP contribution in [0.15, 0.2) is 23.6 Å². The maximum absolute atomic E-state index is 8.71. The normalized spacial score (nSPS) is 25.0. The molecule has 0 fully saturated rings. The minimum Gasteiger partial charge on any atom is -0.308 e. The highest BCUT2D eigenvalue weighted by Gasteiger charge is 2.29. The van der Waals surface area contributed by atoms with Gasteiger partial charge in [0.15, 0.2) is 0 Å². The molecular formula is C8H8N6. The number of anilines is 1. The van der Waals surface area contributed by atoms with Crippen LogP contribution in [-0.4, -0.2) is 22.3 Å². The zero-order valence-corrected chi connectivity index (χ0v) is 7.28. The van der Waals surface area contributed by atoms with Gasteiger partial charge in [0.25, 0.3) is 0 Å². The van der Waals surface area contributed by atoms with Crippen LogP contribution in [0.4, 0.5) is 5.95 Å². The lowest BCUT2D eigenvalue weighted by molar-refractivity contribution is 0.612. The molecule has 1 aliphatic rings. The molecule has 70 valence electrons. The van der Waals surface area contributed by atoms with Crippen LogP contribution < -0.4 is 10.7 Å². The molecular weight excluding hydrogens is 180 g/mol. The van der Waals surface area contributed by atoms with Crippen LogP contribution in [0.25, 0.3) is 0 Å². The highest BCUT2D eigenvalue weighted by Crippen LogP contribution is 2.17. The largest absolute Gasteiger partial charge is 0.308 e. The van der Waals surface area contributed by atoms with Crippen LogP contribution in [0.1, 0.15) is 0 Å². The zero-order chi connectivity index (χ0) is 9.97. The molecule has 0 spiro atoms. The van der Waals surface area contributed by atoms with Gasteiger partial charge < -0.3 is 5.73 Å². The molecule has 0 bridgehead atoms. The molecule has 0 radical (unpaired) electrons. The van der Waals surface area contributed by atoms with Crippen molar-refractivity contribution >= 4 is 12.2 Å². The second kappa shape index (κ2) is 3.40. The lowest BCUT2D eigenvalue weighted by Gasteiger charge is -2.18. The Labute approximate surface area is 80.7 Å². The van der Waals surface area contributed by atoms with E-state index in [9.17, 15) is 0 Å². The monoisotopic (exact) mass is 188 g/mol. The van der Waals surface area contributed by atoms with Gasteiger partial charge in [0.05, 0.1) is 6.07 Å². The number of rotatable bonds is 1. The van der Waals surface area contributed by atoms with Gasteiger partial charge in [-0.05, 0) is 6.07 Å². The van der Waals surface area contributed by atoms with E-state index in [1.54, 1.807) is 18.5 Å². The number of hydrazone groups is 1. The van der Waals surface area contributed by atoms with E-state index >= 15 is 0 Å². The molecule has 6 heteroatoms. The van der Waals surface area contributed by atoms with Crippen LogP contribution >= 0.6 is 0 Å². The molecule has 2 N–H and O–H groups in total. The molecule has 0 saturated carbocycles. The van der Waals surface area contributed by atoms with Gasteiger partial charge in [0, 0.05) is 18.6 Å². The highest BCUT2D eigenvalue weighted by molar-refractivity contribution is 5.70. The Kier molecular flexibility index (Phi) is 2.08. The quantitative estimate of drug-likeness (QED) is 0.653. The molecule has 0 amide bonds. The van der Waals surface area contributed by atoms with Gasteiger partial charge in [-0.25, -0.2) is 15.0 Å². The van der Waals surface area contributed by atoms with Crippen LogP contribution in [-0.2, 0) is 0 Å². The summed E-state index contributed by atoms with van der Waals surface area (Å²) in [4.78, 5) is 7.98. The SMILES string of the molecule is N#CC1C=NN(c2ncccn2)C1N. The van der Waals surface area contributed by atoms with Crippen LogP contribution in [0.5, 0.6) is 0 Å². The Hall–Kier alpha value is -2.00. The summed E-state index contributed by atoms with van der Waals surface area (Å²) in [5.41, 5.74) is 5.76. The van der Waals surface area contributed by atoms with Gasteiger partial charge in [-0.3, -0.25) is 0 Å². The summed E-state index contributed by atoms with van der Waals surface area (Å²) in [6.07, 6.45) is 4.21. The van der Waals surface area contributed by atoms with Crippen molar-refractivity contribution in [2.24, 2.45) is 16.8 Å². The van der Waals surface area contributed by atoms with Crippen molar-refractivity contribution in [1.82, 2.24) is 9.97 Å². The summed E-state index contributed by atoms with van der Waals surface area (Å²) < 4.78 is 0. The summed E-state index contributed by atoms with van der Waals surface area (Å²) in [7, 11) is 0. The molecule has 2 unspecified atom stereocenters. The smallest absolute Gasteiger partial charge is 0.247 e. The Morgan fingerprint density at radius 1 is 1.43 bits per heavy atom. The average Bonchev–Trinajstić information content (AvgIpc) is 2.61. The number of nitrogens with zero attached hydrogens (tertiary/aromatic N) is 5. The molecule has 1 aromatic heterocycles. The lowest BCUT2D eigenvalue weighted by Crippen LogP contribution is -2.40. The van der Waals surface area contributed by atoms with E-state index in [0.717, 1.165) is 0 Å². The van der Waals surface area contributed by atoms with Gasteiger partial charge in [-0.2, -0.15) is 10.4 Å². The number of aromatic nitrogens is 2. The summed E-state index contributed by atoms with van der Waals surface area (Å²) in [6.45, 7) is 0. The van der Waals surface area contributed by atoms with Crippen molar-refractivity contribution in [3.05, 3.63) is 18.5 Å². The van der Waals surface area contributed by atoms with Crippen molar-refractivity contribution in [3.63, 3.8) is 0 Å². The van der Waals surface area contributed by atoms with Gasteiger partial charge in [-0.1, -0.05) is 0 Å². The zero-order valence-electron chi connectivity index (χ0n) is 7.28. The predicted molar refractivity (Wildman–Crippen MR) is 50.1 cm³/mol. The third-order valence-corrected chi connectivity index (χ3v) is 1.91. The van der Waals surface area contributed by atoms with Crippen LogP contribution in [0.2, 0.25) is 0 Å². The first-order valence-corrected chi connectivity index (χ1v) is 4.08. The summed E-state index contributed by atoms with van der Waals surface area (Å²) in [5, 5.41) is 14.1. The fourth-order valence-corrected chi connectivity index (χ4v) is 1.17. The van der Waals surface area contributed by atoms with Crippen molar-refractivity contribution in [2.45, 2.75) is 6.17 Å². The molecule has 2 atom stereocenters. The summed E-state index contributed by atoms with van der Waals surface area (Å²) >= 11 is 0. The first kappa shape index (κ1) is 8.59. The van der Waals surface area contributed by atoms with E-state index in [-0.39, 0.29) is 0 Å². The van der Waals surface area contributed by atoms with E-state index in [4.69, 9.17) is 11.0 Å². The summed E-state index contributed by atoms with van der Waals surface area (Å²) in [5.74, 6) is 0.00723. The van der Waals surface area contributed by atoms with Gasteiger partial charge in [0.1, 0.15) is 12.1 Å².